The largest absolute Gasteiger partial charge is 0.357 e. The summed E-state index contributed by atoms with van der Waals surface area (Å²) < 4.78 is 13.0. The summed E-state index contributed by atoms with van der Waals surface area (Å²) in [6, 6.07) is 6.62. The molecule has 1 atom stereocenters. The molecule has 2 rings (SSSR count). The van der Waals surface area contributed by atoms with Gasteiger partial charge in [0.2, 0.25) is 5.91 Å². The lowest BCUT2D eigenvalue weighted by atomic mass is 10.1. The van der Waals surface area contributed by atoms with Crippen molar-refractivity contribution in [2.75, 3.05) is 46.8 Å². The molecule has 0 spiro atoms. The van der Waals surface area contributed by atoms with Gasteiger partial charge in [-0.25, -0.2) is 4.39 Å². The van der Waals surface area contributed by atoms with Gasteiger partial charge >= 0.3 is 0 Å². The Balaban J connectivity index is 1.74. The zero-order valence-electron chi connectivity index (χ0n) is 17.4. The number of carbonyl (C=O) groups is 1. The smallest absolute Gasteiger partial charge is 0.239 e. The molecule has 7 heteroatoms. The highest BCUT2D eigenvalue weighted by Crippen LogP contribution is 2.18. The molecule has 1 heterocycles. The number of aliphatic imine (C=N–C) groups is 1. The Bertz CT molecular complexity index is 632. The zero-order valence-corrected chi connectivity index (χ0v) is 17.4. The average molecular weight is 392 g/mol. The molecule has 28 heavy (non-hydrogen) atoms. The number of carbonyl (C=O) groups excluding carboxylic acids is 1. The number of likely N-dealkylation sites (N-methyl/N-ethyl adjacent to an activating group) is 1. The van der Waals surface area contributed by atoms with E-state index in [4.69, 9.17) is 0 Å². The first-order chi connectivity index (χ1) is 13.5. The molecule has 0 aliphatic carbocycles. The van der Waals surface area contributed by atoms with Crippen LogP contribution in [0, 0.1) is 5.82 Å². The van der Waals surface area contributed by atoms with Gasteiger partial charge in [-0.05, 0) is 56.8 Å². The maximum Gasteiger partial charge on any atom is 0.239 e. The molecule has 1 aromatic rings. The second-order valence-electron chi connectivity index (χ2n) is 7.34. The van der Waals surface area contributed by atoms with Gasteiger partial charge in [0, 0.05) is 40.3 Å². The van der Waals surface area contributed by atoms with Crippen molar-refractivity contribution < 1.29 is 9.18 Å². The van der Waals surface area contributed by atoms with Crippen LogP contribution in [-0.4, -0.2) is 74.5 Å². The second-order valence-corrected chi connectivity index (χ2v) is 7.34. The summed E-state index contributed by atoms with van der Waals surface area (Å²) in [7, 11) is 3.65. The zero-order chi connectivity index (χ0) is 20.4. The van der Waals surface area contributed by atoms with E-state index in [-0.39, 0.29) is 17.8 Å². The fraction of sp³-hybridized carbons (Fsp3) is 0.619. The lowest BCUT2D eigenvalue weighted by Gasteiger charge is -2.25. The lowest BCUT2D eigenvalue weighted by Crippen LogP contribution is -2.43. The highest BCUT2D eigenvalue weighted by atomic mass is 19.1. The van der Waals surface area contributed by atoms with E-state index in [9.17, 15) is 9.18 Å². The number of halogens is 1. The first-order valence-electron chi connectivity index (χ1n) is 10.2. The summed E-state index contributed by atoms with van der Waals surface area (Å²) in [5, 5.41) is 6.58. The minimum Gasteiger partial charge on any atom is -0.357 e. The number of rotatable bonds is 9. The van der Waals surface area contributed by atoms with Crippen LogP contribution in [0.25, 0.3) is 0 Å². The van der Waals surface area contributed by atoms with E-state index in [1.807, 2.05) is 33.2 Å². The predicted molar refractivity (Wildman–Crippen MR) is 112 cm³/mol. The second kappa shape index (κ2) is 11.6. The van der Waals surface area contributed by atoms with Gasteiger partial charge in [0.05, 0.1) is 6.04 Å². The van der Waals surface area contributed by atoms with Crippen LogP contribution in [0.5, 0.6) is 0 Å². The number of benzene rings is 1. The Hall–Kier alpha value is -2.15. The topological polar surface area (TPSA) is 60.0 Å². The molecular weight excluding hydrogens is 357 g/mol. The summed E-state index contributed by atoms with van der Waals surface area (Å²) in [5.74, 6) is 0.794. The molecule has 1 amide bonds. The van der Waals surface area contributed by atoms with Gasteiger partial charge in [0.1, 0.15) is 5.82 Å². The van der Waals surface area contributed by atoms with E-state index in [0.717, 1.165) is 63.4 Å². The molecule has 1 unspecified atom stereocenters. The first kappa shape index (κ1) is 22.1. The average Bonchev–Trinajstić information content (AvgIpc) is 3.14. The molecule has 1 saturated heterocycles. The van der Waals surface area contributed by atoms with Crippen molar-refractivity contribution in [1.29, 1.82) is 0 Å². The summed E-state index contributed by atoms with van der Waals surface area (Å²) in [5.41, 5.74) is 1.09. The first-order valence-corrected chi connectivity index (χ1v) is 10.2. The Morgan fingerprint density at radius 2 is 2.04 bits per heavy atom. The third kappa shape index (κ3) is 7.11. The number of hydrogen-bond acceptors (Lipinski definition) is 3. The summed E-state index contributed by atoms with van der Waals surface area (Å²) in [6.07, 6.45) is 3.77. The van der Waals surface area contributed by atoms with E-state index < -0.39 is 0 Å². The van der Waals surface area contributed by atoms with Gasteiger partial charge in [0.15, 0.2) is 5.96 Å². The summed E-state index contributed by atoms with van der Waals surface area (Å²) in [4.78, 5) is 20.9. The Morgan fingerprint density at radius 1 is 1.29 bits per heavy atom. The van der Waals surface area contributed by atoms with E-state index >= 15 is 0 Å². The number of likely N-dealkylation sites (tertiary alicyclic amines) is 1. The van der Waals surface area contributed by atoms with Crippen LogP contribution >= 0.6 is 0 Å². The third-order valence-corrected chi connectivity index (χ3v) is 4.93. The molecule has 2 N–H and O–H groups in total. The molecule has 1 aromatic carbocycles. The Labute approximate surface area is 168 Å². The number of hydrogen-bond donors (Lipinski definition) is 2. The molecule has 156 valence electrons. The maximum absolute atomic E-state index is 13.0. The van der Waals surface area contributed by atoms with Crippen molar-refractivity contribution in [3.63, 3.8) is 0 Å². The van der Waals surface area contributed by atoms with Crippen molar-refractivity contribution in [2.24, 2.45) is 4.99 Å². The van der Waals surface area contributed by atoms with Crippen LogP contribution in [0.1, 0.15) is 31.7 Å². The van der Waals surface area contributed by atoms with Crippen LogP contribution in [0.4, 0.5) is 4.39 Å². The summed E-state index contributed by atoms with van der Waals surface area (Å²) in [6.45, 7) is 6.17. The van der Waals surface area contributed by atoms with E-state index in [1.54, 1.807) is 4.90 Å². The van der Waals surface area contributed by atoms with Crippen molar-refractivity contribution in [3.8, 4) is 0 Å². The van der Waals surface area contributed by atoms with Crippen LogP contribution in [0.2, 0.25) is 0 Å². The van der Waals surface area contributed by atoms with Crippen LogP contribution < -0.4 is 10.6 Å². The molecule has 1 aliphatic heterocycles. The van der Waals surface area contributed by atoms with Gasteiger partial charge in [0.25, 0.3) is 0 Å². The standard InChI is InChI=1S/C21H34FN5O/c1-4-23-21(25-14-12-17-8-10-18(22)11-9-17)24-13-6-16-27-15-5-7-19(27)20(28)26(2)3/h8-11,19H,4-7,12-16H2,1-3H3,(H2,23,24,25). The molecule has 1 aliphatic rings. The van der Waals surface area contributed by atoms with Gasteiger partial charge in [-0.3, -0.25) is 14.7 Å². The summed E-state index contributed by atoms with van der Waals surface area (Å²) >= 11 is 0. The normalized spacial score (nSPS) is 17.6. The minimum absolute atomic E-state index is 0.0288. The van der Waals surface area contributed by atoms with Crippen molar-refractivity contribution in [2.45, 2.75) is 38.6 Å². The van der Waals surface area contributed by atoms with Crippen molar-refractivity contribution in [1.82, 2.24) is 20.4 Å². The lowest BCUT2D eigenvalue weighted by molar-refractivity contribution is -0.133. The number of nitrogens with zero attached hydrogens (tertiary/aromatic N) is 3. The Morgan fingerprint density at radius 3 is 2.71 bits per heavy atom. The number of guanidine groups is 1. The third-order valence-electron chi connectivity index (χ3n) is 4.93. The maximum atomic E-state index is 13.0. The van der Waals surface area contributed by atoms with E-state index in [2.05, 4.69) is 20.5 Å². The highest BCUT2D eigenvalue weighted by molar-refractivity contribution is 5.81. The minimum atomic E-state index is -0.209. The number of nitrogens with one attached hydrogen (secondary N) is 2. The fourth-order valence-electron chi connectivity index (χ4n) is 3.45. The van der Waals surface area contributed by atoms with Gasteiger partial charge in [-0.2, -0.15) is 0 Å². The van der Waals surface area contributed by atoms with Crippen LogP contribution in [0.3, 0.4) is 0 Å². The number of amides is 1. The molecular formula is C21H34FN5O. The molecule has 6 nitrogen and oxygen atoms in total. The molecule has 0 aromatic heterocycles. The van der Waals surface area contributed by atoms with Crippen molar-refractivity contribution >= 4 is 11.9 Å². The van der Waals surface area contributed by atoms with Gasteiger partial charge in [-0.15, -0.1) is 0 Å². The monoisotopic (exact) mass is 391 g/mol. The van der Waals surface area contributed by atoms with Crippen LogP contribution in [0.15, 0.2) is 29.3 Å². The van der Waals surface area contributed by atoms with Gasteiger partial charge in [-0.1, -0.05) is 12.1 Å². The van der Waals surface area contributed by atoms with E-state index in [0.29, 0.717) is 6.54 Å². The SMILES string of the molecule is CCNC(=NCCCN1CCCC1C(=O)N(C)C)NCCc1ccc(F)cc1. The van der Waals surface area contributed by atoms with E-state index in [1.165, 1.54) is 12.1 Å². The predicted octanol–water partition coefficient (Wildman–Crippen LogP) is 1.87. The molecule has 0 saturated carbocycles. The molecule has 1 fully saturated rings. The van der Waals surface area contributed by atoms with Crippen molar-refractivity contribution in [3.05, 3.63) is 35.6 Å². The highest BCUT2D eigenvalue weighted by Gasteiger charge is 2.30. The van der Waals surface area contributed by atoms with Gasteiger partial charge < -0.3 is 15.5 Å². The molecule has 0 bridgehead atoms. The Kier molecular flexibility index (Phi) is 9.20. The quantitative estimate of drug-likeness (QED) is 0.383. The molecule has 0 radical (unpaired) electrons. The fourth-order valence-corrected chi connectivity index (χ4v) is 3.45. The van der Waals surface area contributed by atoms with Crippen LogP contribution in [-0.2, 0) is 11.2 Å².